The van der Waals surface area contributed by atoms with E-state index >= 15 is 0 Å². The van der Waals surface area contributed by atoms with Gasteiger partial charge in [0.1, 0.15) is 0 Å². The summed E-state index contributed by atoms with van der Waals surface area (Å²) in [6.07, 6.45) is 16.0. The lowest BCUT2D eigenvalue weighted by atomic mass is 9.46. The number of hydrogen-bond acceptors (Lipinski definition) is 2. The Morgan fingerprint density at radius 1 is 1.03 bits per heavy atom. The summed E-state index contributed by atoms with van der Waals surface area (Å²) in [4.78, 5) is 0. The van der Waals surface area contributed by atoms with Crippen molar-refractivity contribution in [3.63, 3.8) is 0 Å². The fraction of sp³-hybridized carbons (Fsp3) is 0.765. The van der Waals surface area contributed by atoms with E-state index in [0.717, 1.165) is 62.2 Å². The Morgan fingerprint density at radius 2 is 1.78 bits per heavy atom. The lowest BCUT2D eigenvalue weighted by Crippen LogP contribution is -2.52. The van der Waals surface area contributed by atoms with Crippen molar-refractivity contribution in [2.24, 2.45) is 40.4 Å². The van der Waals surface area contributed by atoms with Crippen LogP contribution in [0.2, 0.25) is 0 Å². The minimum atomic E-state index is -0.632. The first kappa shape index (κ1) is 26.5. The fourth-order valence-corrected chi connectivity index (χ4v) is 9.85. The van der Waals surface area contributed by atoms with Crippen LogP contribution in [0.25, 0.3) is 0 Å². The molecule has 200 valence electrons. The number of rotatable bonds is 7. The van der Waals surface area contributed by atoms with Gasteiger partial charge in [-0.15, -0.1) is 0 Å². The Morgan fingerprint density at radius 3 is 2.50 bits per heavy atom. The zero-order valence-corrected chi connectivity index (χ0v) is 23.7. The van der Waals surface area contributed by atoms with Crippen molar-refractivity contribution in [2.45, 2.75) is 123 Å². The van der Waals surface area contributed by atoms with Crippen LogP contribution >= 0.6 is 0 Å². The number of fused-ring (bicyclic) bond motifs is 5. The molecule has 1 aromatic carbocycles. The molecule has 9 atom stereocenters. The van der Waals surface area contributed by atoms with Gasteiger partial charge in [-0.05, 0) is 124 Å². The topological polar surface area (TPSA) is 40.5 Å². The molecule has 0 spiro atoms. The van der Waals surface area contributed by atoms with Gasteiger partial charge in [0.2, 0.25) is 0 Å². The van der Waals surface area contributed by atoms with Crippen LogP contribution in [0.5, 0.6) is 0 Å². The minimum absolute atomic E-state index is 0.311. The highest BCUT2D eigenvalue weighted by molar-refractivity contribution is 5.27. The normalized spacial score (nSPS) is 42.5. The van der Waals surface area contributed by atoms with Crippen molar-refractivity contribution >= 4 is 0 Å². The van der Waals surface area contributed by atoms with Crippen molar-refractivity contribution in [3.8, 4) is 0 Å². The standard InChI is InChI=1S/C34H52O2/c1-6-34(36)21-20-32(4)26(23-34)12-13-27-29-15-14-28(33(29,5)19-17-30(27)32)24(2)16-18-31(3,35)22-25-10-8-7-9-11-25/h7-12,24,27-30,35-36H,6,13-23H2,1-5H3/t24-,27+,28-,29+,30+,31?,32+,33-,34+/m1/s1. The maximum absolute atomic E-state index is 11.2. The lowest BCUT2D eigenvalue weighted by molar-refractivity contribution is -0.0762. The van der Waals surface area contributed by atoms with Crippen molar-refractivity contribution in [1.82, 2.24) is 0 Å². The monoisotopic (exact) mass is 492 g/mol. The second-order valence-electron chi connectivity index (χ2n) is 14.4. The number of benzene rings is 1. The summed E-state index contributed by atoms with van der Waals surface area (Å²) in [5.41, 5.74) is 2.49. The van der Waals surface area contributed by atoms with Crippen molar-refractivity contribution < 1.29 is 10.2 Å². The largest absolute Gasteiger partial charge is 0.390 e. The molecule has 5 rings (SSSR count). The summed E-state index contributed by atoms with van der Waals surface area (Å²) in [6, 6.07) is 10.5. The molecular formula is C34H52O2. The molecule has 0 heterocycles. The first-order valence-electron chi connectivity index (χ1n) is 15.2. The Labute approximate surface area is 221 Å². The van der Waals surface area contributed by atoms with Crippen molar-refractivity contribution in [3.05, 3.63) is 47.5 Å². The molecule has 3 saturated carbocycles. The molecule has 0 aromatic heterocycles. The molecule has 0 bridgehead atoms. The van der Waals surface area contributed by atoms with E-state index in [0.29, 0.717) is 16.7 Å². The summed E-state index contributed by atoms with van der Waals surface area (Å²) in [6.45, 7) is 11.9. The second-order valence-corrected chi connectivity index (χ2v) is 14.4. The quantitative estimate of drug-likeness (QED) is 0.377. The number of allylic oxidation sites excluding steroid dienone is 1. The highest BCUT2D eigenvalue weighted by Crippen LogP contribution is 2.67. The Kier molecular flexibility index (Phi) is 7.04. The molecule has 4 aliphatic rings. The van der Waals surface area contributed by atoms with Gasteiger partial charge in [-0.1, -0.05) is 69.7 Å². The van der Waals surface area contributed by atoms with Gasteiger partial charge >= 0.3 is 0 Å². The average Bonchev–Trinajstić information content (AvgIpc) is 3.21. The van der Waals surface area contributed by atoms with E-state index in [2.05, 4.69) is 64.1 Å². The number of hydrogen-bond donors (Lipinski definition) is 2. The van der Waals surface area contributed by atoms with E-state index in [1.165, 1.54) is 44.1 Å². The van der Waals surface area contributed by atoms with Crippen LogP contribution < -0.4 is 0 Å². The Balaban J connectivity index is 1.26. The maximum atomic E-state index is 11.2. The lowest BCUT2D eigenvalue weighted by Gasteiger charge is -2.59. The van der Waals surface area contributed by atoms with Crippen molar-refractivity contribution in [2.75, 3.05) is 0 Å². The molecule has 0 radical (unpaired) electrons. The first-order valence-corrected chi connectivity index (χ1v) is 15.2. The minimum Gasteiger partial charge on any atom is -0.390 e. The Hall–Kier alpha value is -1.12. The third-order valence-electron chi connectivity index (χ3n) is 12.2. The highest BCUT2D eigenvalue weighted by Gasteiger charge is 2.59. The molecule has 2 nitrogen and oxygen atoms in total. The van der Waals surface area contributed by atoms with Gasteiger partial charge < -0.3 is 10.2 Å². The SMILES string of the molecule is CC[C@]1(O)CC[C@@]2(C)C(=CC[C@H]3[C@@H]4CC[C@H]([C@H](C)CCC(C)(O)Cc5ccccc5)[C@@]4(C)CC[C@@H]32)C1. The molecule has 36 heavy (non-hydrogen) atoms. The van der Waals surface area contributed by atoms with Gasteiger partial charge in [0.15, 0.2) is 0 Å². The molecule has 3 fully saturated rings. The Bertz CT molecular complexity index is 949. The molecule has 4 aliphatic carbocycles. The van der Waals surface area contributed by atoms with Gasteiger partial charge in [-0.3, -0.25) is 0 Å². The molecule has 0 saturated heterocycles. The van der Waals surface area contributed by atoms with Gasteiger partial charge in [0.05, 0.1) is 11.2 Å². The zero-order chi connectivity index (χ0) is 25.8. The van der Waals surface area contributed by atoms with Crippen LogP contribution in [-0.2, 0) is 6.42 Å². The summed E-state index contributed by atoms with van der Waals surface area (Å²) in [7, 11) is 0. The van der Waals surface area contributed by atoms with Crippen LogP contribution in [0.4, 0.5) is 0 Å². The van der Waals surface area contributed by atoms with E-state index in [-0.39, 0.29) is 0 Å². The number of aliphatic hydroxyl groups is 2. The first-order chi connectivity index (χ1) is 17.0. The van der Waals surface area contributed by atoms with Crippen molar-refractivity contribution in [1.29, 1.82) is 0 Å². The van der Waals surface area contributed by atoms with Crippen LogP contribution in [0.1, 0.15) is 111 Å². The smallest absolute Gasteiger partial charge is 0.0682 e. The van der Waals surface area contributed by atoms with E-state index < -0.39 is 11.2 Å². The predicted octanol–water partition coefficient (Wildman–Crippen LogP) is 8.12. The van der Waals surface area contributed by atoms with E-state index in [1.807, 2.05) is 6.92 Å². The summed E-state index contributed by atoms with van der Waals surface area (Å²) >= 11 is 0. The van der Waals surface area contributed by atoms with Gasteiger partial charge in [-0.25, -0.2) is 0 Å². The van der Waals surface area contributed by atoms with Crippen LogP contribution in [0.3, 0.4) is 0 Å². The summed E-state index contributed by atoms with van der Waals surface area (Å²) in [5.74, 6) is 3.92. The third-order valence-corrected chi connectivity index (χ3v) is 12.2. The molecule has 1 aromatic rings. The van der Waals surface area contributed by atoms with E-state index in [4.69, 9.17) is 0 Å². The summed E-state index contributed by atoms with van der Waals surface area (Å²) in [5, 5.41) is 22.2. The predicted molar refractivity (Wildman–Crippen MR) is 150 cm³/mol. The fourth-order valence-electron chi connectivity index (χ4n) is 9.85. The van der Waals surface area contributed by atoms with E-state index in [9.17, 15) is 10.2 Å². The third kappa shape index (κ3) is 4.64. The molecule has 0 aliphatic heterocycles. The van der Waals surface area contributed by atoms with E-state index in [1.54, 1.807) is 5.57 Å². The van der Waals surface area contributed by atoms with Gasteiger partial charge in [0, 0.05) is 6.42 Å². The molecule has 2 N–H and O–H groups in total. The zero-order valence-electron chi connectivity index (χ0n) is 23.7. The van der Waals surface area contributed by atoms with Gasteiger partial charge in [-0.2, -0.15) is 0 Å². The molecule has 2 heteroatoms. The molecule has 1 unspecified atom stereocenters. The summed E-state index contributed by atoms with van der Waals surface area (Å²) < 4.78 is 0. The molecular weight excluding hydrogens is 440 g/mol. The highest BCUT2D eigenvalue weighted by atomic mass is 16.3. The van der Waals surface area contributed by atoms with Crippen LogP contribution in [-0.4, -0.2) is 21.4 Å². The maximum Gasteiger partial charge on any atom is 0.0682 e. The van der Waals surface area contributed by atoms with Gasteiger partial charge in [0.25, 0.3) is 0 Å². The average molecular weight is 493 g/mol. The second kappa shape index (κ2) is 9.57. The molecule has 0 amide bonds. The van der Waals surface area contributed by atoms with Crippen LogP contribution in [0, 0.1) is 40.4 Å². The van der Waals surface area contributed by atoms with Crippen LogP contribution in [0.15, 0.2) is 42.0 Å².